The van der Waals surface area contributed by atoms with Gasteiger partial charge in [0.1, 0.15) is 5.75 Å². The highest BCUT2D eigenvalue weighted by Gasteiger charge is 2.20. The number of aryl methyl sites for hydroxylation is 2. The van der Waals surface area contributed by atoms with Crippen molar-refractivity contribution in [1.29, 1.82) is 0 Å². The van der Waals surface area contributed by atoms with E-state index in [1.165, 1.54) is 4.74 Å². The minimum Gasteiger partial charge on any atom is -0.493 e. The van der Waals surface area contributed by atoms with Gasteiger partial charge in [-0.1, -0.05) is 0 Å². The first-order valence-electron chi connectivity index (χ1n) is 9.38. The molecule has 27 heavy (non-hydrogen) atoms. The van der Waals surface area contributed by atoms with Crippen molar-refractivity contribution in [3.05, 3.63) is 46.4 Å². The molecule has 7 heteroatoms. The van der Waals surface area contributed by atoms with Gasteiger partial charge in [-0.3, -0.25) is 4.79 Å². The largest absolute Gasteiger partial charge is 0.493 e. The monoisotopic (exact) mass is 368 g/mol. The lowest BCUT2D eigenvalue weighted by Crippen LogP contribution is -2.34. The second-order valence-corrected chi connectivity index (χ2v) is 7.15. The van der Waals surface area contributed by atoms with Crippen molar-refractivity contribution in [3.63, 3.8) is 0 Å². The van der Waals surface area contributed by atoms with Crippen LogP contribution in [0.25, 0.3) is 11.0 Å². The molecule has 2 aromatic heterocycles. The lowest BCUT2D eigenvalue weighted by Gasteiger charge is -2.32. The van der Waals surface area contributed by atoms with E-state index in [0.29, 0.717) is 23.5 Å². The average Bonchev–Trinajstić information content (AvgIpc) is 2.96. The van der Waals surface area contributed by atoms with Gasteiger partial charge in [-0.15, -0.1) is 5.10 Å². The molecule has 0 aliphatic carbocycles. The van der Waals surface area contributed by atoms with Crippen molar-refractivity contribution in [1.82, 2.24) is 14.9 Å². The van der Waals surface area contributed by atoms with Gasteiger partial charge in [-0.2, -0.15) is 9.84 Å². The Hall–Kier alpha value is -2.83. The fourth-order valence-electron chi connectivity index (χ4n) is 3.56. The smallest absolute Gasteiger partial charge is 0.290 e. The van der Waals surface area contributed by atoms with Gasteiger partial charge in [0, 0.05) is 26.2 Å². The van der Waals surface area contributed by atoms with Crippen LogP contribution < -0.4 is 15.2 Å². The van der Waals surface area contributed by atoms with E-state index in [4.69, 9.17) is 9.26 Å². The van der Waals surface area contributed by atoms with Crippen LogP contribution in [0.3, 0.4) is 0 Å². The minimum atomic E-state index is -0.124. The molecule has 0 atom stereocenters. The first-order valence-corrected chi connectivity index (χ1v) is 9.38. The van der Waals surface area contributed by atoms with Crippen molar-refractivity contribution in [2.45, 2.75) is 26.2 Å². The molecule has 1 aromatic carbocycles. The maximum atomic E-state index is 11.8. The van der Waals surface area contributed by atoms with Crippen LogP contribution in [0.2, 0.25) is 0 Å². The molecule has 7 nitrogen and oxygen atoms in total. The van der Waals surface area contributed by atoms with Gasteiger partial charge in [0.25, 0.3) is 5.56 Å². The molecule has 0 N–H and O–H groups in total. The normalized spacial score (nSPS) is 15.4. The van der Waals surface area contributed by atoms with E-state index in [-0.39, 0.29) is 5.56 Å². The number of hydrogen-bond donors (Lipinski definition) is 0. The zero-order valence-electron chi connectivity index (χ0n) is 15.7. The molecule has 1 aliphatic rings. The summed E-state index contributed by atoms with van der Waals surface area (Å²) >= 11 is 0. The van der Waals surface area contributed by atoms with E-state index in [9.17, 15) is 4.79 Å². The summed E-state index contributed by atoms with van der Waals surface area (Å²) in [5.74, 6) is 2.36. The molecule has 142 valence electrons. The number of ether oxygens (including phenoxy) is 1. The van der Waals surface area contributed by atoms with Crippen LogP contribution in [0.1, 0.15) is 25.0 Å². The molecular formula is C20H24N4O3. The fraction of sp³-hybridized carbons (Fsp3) is 0.450. The average molecular weight is 368 g/mol. The fourth-order valence-corrected chi connectivity index (χ4v) is 3.56. The predicted octanol–water partition coefficient (Wildman–Crippen LogP) is 2.92. The van der Waals surface area contributed by atoms with Crippen LogP contribution in [-0.4, -0.2) is 34.6 Å². The van der Waals surface area contributed by atoms with Crippen molar-refractivity contribution < 1.29 is 9.26 Å². The number of piperidine rings is 1. The van der Waals surface area contributed by atoms with Crippen molar-refractivity contribution in [3.8, 4) is 5.75 Å². The Bertz CT molecular complexity index is 969. The number of nitrogens with zero attached hydrogens (tertiary/aromatic N) is 4. The van der Waals surface area contributed by atoms with Crippen molar-refractivity contribution in [2.24, 2.45) is 13.0 Å². The molecule has 1 saturated heterocycles. The SMILES string of the molecule is Cc1ccc(N2CCC(CCOc3ccc4c(=O)n(C)oc4c3)CC2)nn1. The zero-order chi connectivity index (χ0) is 18.8. The summed E-state index contributed by atoms with van der Waals surface area (Å²) in [7, 11) is 1.61. The number of fused-ring (bicyclic) bond motifs is 1. The minimum absolute atomic E-state index is 0.124. The third-order valence-corrected chi connectivity index (χ3v) is 5.22. The molecule has 1 fully saturated rings. The molecule has 0 bridgehead atoms. The molecule has 0 saturated carbocycles. The molecule has 0 unspecified atom stereocenters. The van der Waals surface area contributed by atoms with E-state index in [1.54, 1.807) is 19.2 Å². The summed E-state index contributed by atoms with van der Waals surface area (Å²) in [5.41, 5.74) is 1.38. The molecule has 0 spiro atoms. The lowest BCUT2D eigenvalue weighted by molar-refractivity contribution is 0.258. The second kappa shape index (κ2) is 7.42. The quantitative estimate of drug-likeness (QED) is 0.689. The van der Waals surface area contributed by atoms with Crippen LogP contribution in [0.15, 0.2) is 39.6 Å². The summed E-state index contributed by atoms with van der Waals surface area (Å²) in [6, 6.07) is 9.43. The van der Waals surface area contributed by atoms with Gasteiger partial charge >= 0.3 is 0 Å². The van der Waals surface area contributed by atoms with Crippen LogP contribution in [0, 0.1) is 12.8 Å². The van der Waals surface area contributed by atoms with Gasteiger partial charge in [-0.25, -0.2) is 0 Å². The first-order chi connectivity index (χ1) is 13.1. The van der Waals surface area contributed by atoms with Gasteiger partial charge in [0.05, 0.1) is 17.7 Å². The molecule has 4 rings (SSSR count). The number of aromatic nitrogens is 3. The number of hydrogen-bond acceptors (Lipinski definition) is 6. The summed E-state index contributed by atoms with van der Waals surface area (Å²) < 4.78 is 12.5. The Kier molecular flexibility index (Phi) is 4.83. The summed E-state index contributed by atoms with van der Waals surface area (Å²) in [4.78, 5) is 14.1. The van der Waals surface area contributed by atoms with E-state index in [1.807, 2.05) is 25.1 Å². The van der Waals surface area contributed by atoms with Gasteiger partial charge in [-0.05, 0) is 56.4 Å². The Balaban J connectivity index is 1.26. The molecule has 3 aromatic rings. The first kappa shape index (κ1) is 17.6. The Labute approximate surface area is 157 Å². The highest BCUT2D eigenvalue weighted by atomic mass is 16.5. The highest BCUT2D eigenvalue weighted by Crippen LogP contribution is 2.25. The third kappa shape index (κ3) is 3.82. The zero-order valence-corrected chi connectivity index (χ0v) is 15.7. The third-order valence-electron chi connectivity index (χ3n) is 5.22. The standard InChI is InChI=1S/C20H24N4O3/c1-14-3-6-19(22-21-14)24-10-7-15(8-11-24)9-12-26-16-4-5-17-18(13-16)27-23(2)20(17)25/h3-6,13,15H,7-12H2,1-2H3. The maximum absolute atomic E-state index is 11.8. The van der Waals surface area contributed by atoms with E-state index >= 15 is 0 Å². The number of benzene rings is 1. The molecule has 0 amide bonds. The van der Waals surface area contributed by atoms with Gasteiger partial charge in [0.15, 0.2) is 11.4 Å². The van der Waals surface area contributed by atoms with Crippen molar-refractivity contribution in [2.75, 3.05) is 24.6 Å². The van der Waals surface area contributed by atoms with Crippen LogP contribution in [0.5, 0.6) is 5.75 Å². The topological polar surface area (TPSA) is 73.4 Å². The molecule has 3 heterocycles. The van der Waals surface area contributed by atoms with Crippen LogP contribution >= 0.6 is 0 Å². The summed E-state index contributed by atoms with van der Waals surface area (Å²) in [5, 5.41) is 9.00. The van der Waals surface area contributed by atoms with E-state index < -0.39 is 0 Å². The highest BCUT2D eigenvalue weighted by molar-refractivity contribution is 5.77. The number of anilines is 1. The Morgan fingerprint density at radius 2 is 2.00 bits per heavy atom. The Morgan fingerprint density at radius 3 is 2.74 bits per heavy atom. The Morgan fingerprint density at radius 1 is 1.19 bits per heavy atom. The summed E-state index contributed by atoms with van der Waals surface area (Å²) in [6.45, 7) is 4.62. The van der Waals surface area contributed by atoms with Crippen LogP contribution in [0.4, 0.5) is 5.82 Å². The second-order valence-electron chi connectivity index (χ2n) is 7.15. The molecular weight excluding hydrogens is 344 g/mol. The van der Waals surface area contributed by atoms with E-state index in [0.717, 1.165) is 49.6 Å². The van der Waals surface area contributed by atoms with Gasteiger partial charge < -0.3 is 14.2 Å². The predicted molar refractivity (Wildman–Crippen MR) is 103 cm³/mol. The molecule has 1 aliphatic heterocycles. The molecule has 0 radical (unpaired) electrons. The van der Waals surface area contributed by atoms with Crippen LogP contribution in [-0.2, 0) is 7.05 Å². The van der Waals surface area contributed by atoms with E-state index in [2.05, 4.69) is 15.1 Å². The van der Waals surface area contributed by atoms with Crippen molar-refractivity contribution >= 4 is 16.8 Å². The lowest BCUT2D eigenvalue weighted by atomic mass is 9.94. The van der Waals surface area contributed by atoms with Gasteiger partial charge in [0.2, 0.25) is 0 Å². The number of rotatable bonds is 5. The maximum Gasteiger partial charge on any atom is 0.290 e. The summed E-state index contributed by atoms with van der Waals surface area (Å²) in [6.07, 6.45) is 3.28.